The fourth-order valence-electron chi connectivity index (χ4n) is 1.96. The molecule has 2 aromatic rings. The fraction of sp³-hybridized carbons (Fsp3) is 0.778. The number of rotatable bonds is 7. The molecular weight excluding hydrogens is 360 g/mol. The van der Waals surface area contributed by atoms with Crippen molar-refractivity contribution in [2.45, 2.75) is 81.2 Å². The molecule has 0 N–H and O–H groups in total. The third kappa shape index (κ3) is 8.92. The molecule has 0 bridgehead atoms. The van der Waals surface area contributed by atoms with Crippen LogP contribution in [0.5, 0.6) is 0 Å². The monoisotopic (exact) mass is 394 g/mol. The molecule has 2 rings (SSSR count). The smallest absolute Gasteiger partial charge is 0.249 e. The van der Waals surface area contributed by atoms with Gasteiger partial charge in [0, 0.05) is 19.3 Å². The van der Waals surface area contributed by atoms with Gasteiger partial charge >= 0.3 is 0 Å². The van der Waals surface area contributed by atoms with Gasteiger partial charge in [-0.25, -0.2) is 0 Å². The van der Waals surface area contributed by atoms with E-state index in [2.05, 4.69) is 58.6 Å². The Labute approximate surface area is 167 Å². The molecule has 0 aliphatic carbocycles. The van der Waals surface area contributed by atoms with Gasteiger partial charge in [0.1, 0.15) is 0 Å². The van der Waals surface area contributed by atoms with E-state index < -0.39 is 0 Å². The molecule has 2 heterocycles. The van der Waals surface area contributed by atoms with Gasteiger partial charge in [0.25, 0.3) is 0 Å². The average Bonchev–Trinajstić information content (AvgIpc) is 3.31. The molecule has 0 aromatic carbocycles. The van der Waals surface area contributed by atoms with Crippen molar-refractivity contribution in [2.24, 2.45) is 11.8 Å². The van der Waals surface area contributed by atoms with Crippen LogP contribution in [0, 0.1) is 11.8 Å². The van der Waals surface area contributed by atoms with E-state index in [1.54, 1.807) is 13.8 Å². The lowest BCUT2D eigenvalue weighted by molar-refractivity contribution is 0.0885. The molecule has 158 valence electrons. The zero-order valence-corrected chi connectivity index (χ0v) is 18.4. The van der Waals surface area contributed by atoms with Crippen molar-refractivity contribution in [1.29, 1.82) is 0 Å². The lowest BCUT2D eigenvalue weighted by Crippen LogP contribution is -2.16. The summed E-state index contributed by atoms with van der Waals surface area (Å²) in [7, 11) is 0. The van der Waals surface area contributed by atoms with Crippen molar-refractivity contribution in [1.82, 2.24) is 40.4 Å². The predicted octanol–water partition coefficient (Wildman–Crippen LogP) is 2.87. The average molecular weight is 395 g/mol. The number of carbonyl (C=O) groups is 2. The molecule has 2 aromatic heterocycles. The summed E-state index contributed by atoms with van der Waals surface area (Å²) in [5.74, 6) is 1.67. The standard InChI is InChI=1S/2C8H14N4O.C2H6/c1-4-8(13)12-7(5-6(2)3)9-10-11-12;1-4-7(13)8-9-11-12(10-8)5-6(2)3;1-2/h2*6H,4-5H2,1-3H3;1-2H3. The Morgan fingerprint density at radius 3 is 2.07 bits per heavy atom. The van der Waals surface area contributed by atoms with E-state index in [-0.39, 0.29) is 17.5 Å². The molecule has 0 fully saturated rings. The predicted molar refractivity (Wildman–Crippen MR) is 106 cm³/mol. The normalized spacial score (nSPS) is 10.2. The van der Waals surface area contributed by atoms with Crippen LogP contribution < -0.4 is 0 Å². The highest BCUT2D eigenvalue weighted by Crippen LogP contribution is 2.03. The van der Waals surface area contributed by atoms with E-state index in [1.807, 2.05) is 13.8 Å². The summed E-state index contributed by atoms with van der Waals surface area (Å²) in [6, 6.07) is 0. The van der Waals surface area contributed by atoms with Crippen LogP contribution >= 0.6 is 0 Å². The van der Waals surface area contributed by atoms with Gasteiger partial charge < -0.3 is 0 Å². The molecular formula is C18H34N8O2. The summed E-state index contributed by atoms with van der Waals surface area (Å²) in [6.07, 6.45) is 1.59. The van der Waals surface area contributed by atoms with Crippen molar-refractivity contribution in [3.63, 3.8) is 0 Å². The lowest BCUT2D eigenvalue weighted by atomic mass is 10.1. The van der Waals surface area contributed by atoms with Crippen LogP contribution in [-0.4, -0.2) is 52.1 Å². The second-order valence-corrected chi connectivity index (χ2v) is 6.69. The quantitative estimate of drug-likeness (QED) is 0.519. The van der Waals surface area contributed by atoms with Crippen LogP contribution in [0.1, 0.15) is 89.5 Å². The van der Waals surface area contributed by atoms with Crippen LogP contribution in [0.25, 0.3) is 0 Å². The molecule has 10 heteroatoms. The Bertz CT molecular complexity index is 706. The lowest BCUT2D eigenvalue weighted by Gasteiger charge is -2.03. The van der Waals surface area contributed by atoms with Gasteiger partial charge in [-0.1, -0.05) is 55.4 Å². The Balaban J connectivity index is 0.000000478. The minimum atomic E-state index is -0.0602. The molecule has 0 aliphatic rings. The molecule has 0 spiro atoms. The van der Waals surface area contributed by atoms with Crippen molar-refractivity contribution < 1.29 is 9.59 Å². The Morgan fingerprint density at radius 1 is 0.929 bits per heavy atom. The van der Waals surface area contributed by atoms with Gasteiger partial charge in [0.2, 0.25) is 17.5 Å². The summed E-state index contributed by atoms with van der Waals surface area (Å²) in [6.45, 7) is 16.5. The van der Waals surface area contributed by atoms with Crippen LogP contribution in [0.15, 0.2) is 0 Å². The molecule has 0 saturated heterocycles. The molecule has 0 unspecified atom stereocenters. The van der Waals surface area contributed by atoms with E-state index in [0.29, 0.717) is 37.0 Å². The van der Waals surface area contributed by atoms with Gasteiger partial charge in [0.15, 0.2) is 5.82 Å². The van der Waals surface area contributed by atoms with E-state index in [1.165, 1.54) is 9.48 Å². The number of tetrazole rings is 2. The van der Waals surface area contributed by atoms with Crippen molar-refractivity contribution >= 4 is 11.7 Å². The molecule has 10 nitrogen and oxygen atoms in total. The van der Waals surface area contributed by atoms with Gasteiger partial charge in [-0.15, -0.1) is 15.3 Å². The first-order chi connectivity index (χ1) is 13.3. The zero-order chi connectivity index (χ0) is 21.7. The highest BCUT2D eigenvalue weighted by Gasteiger charge is 2.12. The summed E-state index contributed by atoms with van der Waals surface area (Å²) >= 11 is 0. The first-order valence-corrected chi connectivity index (χ1v) is 9.89. The first kappa shape index (κ1) is 25.5. The van der Waals surface area contributed by atoms with Gasteiger partial charge in [0.05, 0.1) is 6.54 Å². The van der Waals surface area contributed by atoms with Gasteiger partial charge in [-0.05, 0) is 27.5 Å². The van der Waals surface area contributed by atoms with Crippen molar-refractivity contribution in [3.05, 3.63) is 11.6 Å². The van der Waals surface area contributed by atoms with Gasteiger partial charge in [-0.3, -0.25) is 9.59 Å². The second-order valence-electron chi connectivity index (χ2n) is 6.69. The largest absolute Gasteiger partial charge is 0.291 e. The number of Topliss-reactive ketones (excluding diaryl/α,β-unsaturated/α-hetero) is 1. The molecule has 28 heavy (non-hydrogen) atoms. The third-order valence-electron chi connectivity index (χ3n) is 3.22. The Kier molecular flexibility index (Phi) is 12.4. The number of nitrogens with zero attached hydrogens (tertiary/aromatic N) is 8. The van der Waals surface area contributed by atoms with Crippen molar-refractivity contribution in [3.8, 4) is 0 Å². The van der Waals surface area contributed by atoms with E-state index in [0.717, 1.165) is 6.42 Å². The Morgan fingerprint density at radius 2 is 1.57 bits per heavy atom. The Hall–Kier alpha value is -2.52. The van der Waals surface area contributed by atoms with E-state index >= 15 is 0 Å². The minimum Gasteiger partial charge on any atom is -0.291 e. The first-order valence-electron chi connectivity index (χ1n) is 9.89. The number of aromatic nitrogens is 8. The molecule has 0 amide bonds. The fourth-order valence-corrected chi connectivity index (χ4v) is 1.96. The van der Waals surface area contributed by atoms with Crippen LogP contribution in [0.3, 0.4) is 0 Å². The number of carbonyl (C=O) groups excluding carboxylic acids is 2. The number of hydrogen-bond donors (Lipinski definition) is 0. The maximum atomic E-state index is 11.3. The zero-order valence-electron chi connectivity index (χ0n) is 18.4. The maximum absolute atomic E-state index is 11.3. The highest BCUT2D eigenvalue weighted by atomic mass is 16.2. The highest BCUT2D eigenvalue weighted by molar-refractivity contribution is 5.91. The van der Waals surface area contributed by atoms with E-state index in [4.69, 9.17) is 0 Å². The topological polar surface area (TPSA) is 121 Å². The van der Waals surface area contributed by atoms with Crippen molar-refractivity contribution in [2.75, 3.05) is 0 Å². The number of hydrogen-bond acceptors (Lipinski definition) is 8. The van der Waals surface area contributed by atoms with Gasteiger partial charge in [-0.2, -0.15) is 9.48 Å². The molecule has 0 atom stereocenters. The van der Waals surface area contributed by atoms with Crippen LogP contribution in [0.2, 0.25) is 0 Å². The second kappa shape index (κ2) is 13.6. The maximum Gasteiger partial charge on any atom is 0.249 e. The minimum absolute atomic E-state index is 0.0550. The SMILES string of the molecule is CC.CCC(=O)c1nnn(CC(C)C)n1.CCC(=O)n1nnnc1CC(C)C. The summed E-state index contributed by atoms with van der Waals surface area (Å²) < 4.78 is 1.29. The van der Waals surface area contributed by atoms with E-state index in [9.17, 15) is 9.59 Å². The molecule has 0 radical (unpaired) electrons. The summed E-state index contributed by atoms with van der Waals surface area (Å²) in [4.78, 5) is 23.9. The number of ketones is 1. The summed E-state index contributed by atoms with van der Waals surface area (Å²) in [5.41, 5.74) is 0. The third-order valence-corrected chi connectivity index (χ3v) is 3.22. The van der Waals surface area contributed by atoms with Crippen LogP contribution in [-0.2, 0) is 13.0 Å². The molecule has 0 saturated carbocycles. The molecule has 0 aliphatic heterocycles. The summed E-state index contributed by atoms with van der Waals surface area (Å²) in [5, 5.41) is 22.4. The van der Waals surface area contributed by atoms with Crippen LogP contribution in [0.4, 0.5) is 0 Å².